The van der Waals surface area contributed by atoms with E-state index in [-0.39, 0.29) is 5.75 Å². The van der Waals surface area contributed by atoms with E-state index in [4.69, 9.17) is 0 Å². The lowest BCUT2D eigenvalue weighted by Crippen LogP contribution is -2.24. The molecule has 0 saturated heterocycles. The highest BCUT2D eigenvalue weighted by molar-refractivity contribution is 14.1. The molecule has 0 saturated carbocycles. The number of hydrazone groups is 1. The zero-order chi connectivity index (χ0) is 16.1. The van der Waals surface area contributed by atoms with Crippen molar-refractivity contribution in [3.05, 3.63) is 56.7 Å². The van der Waals surface area contributed by atoms with Crippen molar-refractivity contribution < 1.29 is 9.90 Å². The first-order chi connectivity index (χ1) is 10.4. The van der Waals surface area contributed by atoms with Gasteiger partial charge in [-0.15, -0.1) is 0 Å². The molecule has 0 bridgehead atoms. The molecular weight excluding hydrogens is 393 g/mol. The summed E-state index contributed by atoms with van der Waals surface area (Å²) in [6, 6.07) is 10.5. The number of hydrogen-bond donors (Lipinski definition) is 3. The van der Waals surface area contributed by atoms with Crippen molar-refractivity contribution in [2.45, 2.75) is 13.8 Å². The SMILES string of the molecule is Cc1cc(C)cc(NC(=O)N/N=C/c2ccc(O)c(I)c2)c1. The van der Waals surface area contributed by atoms with Gasteiger partial charge < -0.3 is 10.4 Å². The second-order valence-corrected chi connectivity index (χ2v) is 6.07. The van der Waals surface area contributed by atoms with E-state index in [1.165, 1.54) is 6.21 Å². The fourth-order valence-corrected chi connectivity index (χ4v) is 2.51. The number of aromatic hydroxyl groups is 1. The van der Waals surface area contributed by atoms with Crippen LogP contribution < -0.4 is 10.7 Å². The number of nitrogens with one attached hydrogen (secondary N) is 2. The van der Waals surface area contributed by atoms with E-state index < -0.39 is 6.03 Å². The summed E-state index contributed by atoms with van der Waals surface area (Å²) in [4.78, 5) is 11.8. The predicted octanol–water partition coefficient (Wildman–Crippen LogP) is 3.77. The Labute approximate surface area is 142 Å². The summed E-state index contributed by atoms with van der Waals surface area (Å²) >= 11 is 2.02. The Morgan fingerprint density at radius 1 is 1.18 bits per heavy atom. The Bertz CT molecular complexity index is 709. The standard InChI is InChI=1S/C16H16IN3O2/c1-10-5-11(2)7-13(6-10)19-16(22)20-18-9-12-3-4-15(21)14(17)8-12/h3-9,21H,1-2H3,(H2,19,20,22)/b18-9+. The number of anilines is 1. The van der Waals surface area contributed by atoms with Gasteiger partial charge in [0.05, 0.1) is 9.78 Å². The van der Waals surface area contributed by atoms with Gasteiger partial charge in [-0.25, -0.2) is 10.2 Å². The fourth-order valence-electron chi connectivity index (χ4n) is 1.97. The number of nitrogens with zero attached hydrogens (tertiary/aromatic N) is 1. The monoisotopic (exact) mass is 409 g/mol. The van der Waals surface area contributed by atoms with Crippen LogP contribution in [0.1, 0.15) is 16.7 Å². The molecule has 22 heavy (non-hydrogen) atoms. The van der Waals surface area contributed by atoms with Crippen molar-refractivity contribution in [3.63, 3.8) is 0 Å². The molecule has 2 aromatic rings. The van der Waals surface area contributed by atoms with E-state index in [1.807, 2.05) is 54.6 Å². The summed E-state index contributed by atoms with van der Waals surface area (Å²) in [6.07, 6.45) is 1.52. The van der Waals surface area contributed by atoms with Crippen molar-refractivity contribution >= 4 is 40.5 Å². The van der Waals surface area contributed by atoms with Gasteiger partial charge in [0.15, 0.2) is 0 Å². The number of phenolic OH excluding ortho intramolecular Hbond substituents is 1. The zero-order valence-corrected chi connectivity index (χ0v) is 14.4. The van der Waals surface area contributed by atoms with Gasteiger partial charge in [-0.05, 0) is 83.5 Å². The molecule has 0 aliphatic carbocycles. The van der Waals surface area contributed by atoms with E-state index in [0.29, 0.717) is 0 Å². The van der Waals surface area contributed by atoms with Crippen molar-refractivity contribution in [1.82, 2.24) is 5.43 Å². The minimum Gasteiger partial charge on any atom is -0.507 e. The number of carbonyl (C=O) groups excluding carboxylic acids is 1. The van der Waals surface area contributed by atoms with Gasteiger partial charge in [-0.3, -0.25) is 0 Å². The average molecular weight is 409 g/mol. The molecule has 2 amide bonds. The fraction of sp³-hybridized carbons (Fsp3) is 0.125. The third kappa shape index (κ3) is 4.73. The minimum atomic E-state index is -0.408. The van der Waals surface area contributed by atoms with Gasteiger partial charge in [-0.1, -0.05) is 6.07 Å². The average Bonchev–Trinajstić information content (AvgIpc) is 2.41. The molecular formula is C16H16IN3O2. The van der Waals surface area contributed by atoms with Crippen LogP contribution in [0.3, 0.4) is 0 Å². The van der Waals surface area contributed by atoms with Crippen LogP contribution >= 0.6 is 22.6 Å². The maximum atomic E-state index is 11.8. The lowest BCUT2D eigenvalue weighted by molar-refractivity contribution is 0.252. The number of rotatable bonds is 3. The van der Waals surface area contributed by atoms with E-state index >= 15 is 0 Å². The number of aryl methyl sites for hydroxylation is 2. The molecule has 6 heteroatoms. The van der Waals surface area contributed by atoms with E-state index in [2.05, 4.69) is 15.8 Å². The van der Waals surface area contributed by atoms with E-state index in [1.54, 1.807) is 18.2 Å². The summed E-state index contributed by atoms with van der Waals surface area (Å²) < 4.78 is 0.723. The zero-order valence-electron chi connectivity index (χ0n) is 12.2. The quantitative estimate of drug-likeness (QED) is 0.410. The van der Waals surface area contributed by atoms with Crippen LogP contribution in [-0.2, 0) is 0 Å². The second kappa shape index (κ2) is 7.26. The molecule has 0 heterocycles. The smallest absolute Gasteiger partial charge is 0.339 e. The number of phenols is 1. The molecule has 5 nitrogen and oxygen atoms in total. The van der Waals surface area contributed by atoms with Gasteiger partial charge >= 0.3 is 6.03 Å². The minimum absolute atomic E-state index is 0.221. The second-order valence-electron chi connectivity index (χ2n) is 4.91. The van der Waals surface area contributed by atoms with Crippen LogP contribution in [0, 0.1) is 17.4 Å². The Balaban J connectivity index is 1.94. The van der Waals surface area contributed by atoms with E-state index in [9.17, 15) is 9.90 Å². The van der Waals surface area contributed by atoms with Crippen LogP contribution in [0.5, 0.6) is 5.75 Å². The van der Waals surface area contributed by atoms with Gasteiger partial charge in [0.25, 0.3) is 0 Å². The number of urea groups is 1. The van der Waals surface area contributed by atoms with Crippen molar-refractivity contribution in [3.8, 4) is 5.75 Å². The molecule has 0 aliphatic heterocycles. The molecule has 0 aromatic heterocycles. The van der Waals surface area contributed by atoms with Crippen LogP contribution in [-0.4, -0.2) is 17.4 Å². The molecule has 0 atom stereocenters. The summed E-state index contributed by atoms with van der Waals surface area (Å²) in [5.74, 6) is 0.221. The van der Waals surface area contributed by atoms with Crippen LogP contribution in [0.25, 0.3) is 0 Å². The molecule has 0 fully saturated rings. The number of halogens is 1. The number of benzene rings is 2. The summed E-state index contributed by atoms with van der Waals surface area (Å²) in [5.41, 5.74) is 6.08. The normalized spacial score (nSPS) is 10.7. The summed E-state index contributed by atoms with van der Waals surface area (Å²) in [5, 5.41) is 16.0. The van der Waals surface area contributed by atoms with Crippen LogP contribution in [0.4, 0.5) is 10.5 Å². The molecule has 2 aromatic carbocycles. The molecule has 0 spiro atoms. The van der Waals surface area contributed by atoms with Crippen molar-refractivity contribution in [2.75, 3.05) is 5.32 Å². The lowest BCUT2D eigenvalue weighted by Gasteiger charge is -2.06. The Kier molecular flexibility index (Phi) is 5.37. The third-order valence-electron chi connectivity index (χ3n) is 2.83. The summed E-state index contributed by atoms with van der Waals surface area (Å²) in [6.45, 7) is 3.95. The molecule has 114 valence electrons. The van der Waals surface area contributed by atoms with Gasteiger partial charge in [0.2, 0.25) is 0 Å². The highest BCUT2D eigenvalue weighted by atomic mass is 127. The molecule has 3 N–H and O–H groups in total. The lowest BCUT2D eigenvalue weighted by atomic mass is 10.1. The first kappa shape index (κ1) is 16.3. The molecule has 0 unspecified atom stereocenters. The van der Waals surface area contributed by atoms with Crippen LogP contribution in [0.2, 0.25) is 0 Å². The van der Waals surface area contributed by atoms with Gasteiger partial charge in [0.1, 0.15) is 5.75 Å². The van der Waals surface area contributed by atoms with E-state index in [0.717, 1.165) is 25.9 Å². The predicted molar refractivity (Wildman–Crippen MR) is 96.5 cm³/mol. The Morgan fingerprint density at radius 2 is 1.86 bits per heavy atom. The number of carbonyl (C=O) groups is 1. The maximum absolute atomic E-state index is 11.8. The van der Waals surface area contributed by atoms with Crippen molar-refractivity contribution in [1.29, 1.82) is 0 Å². The third-order valence-corrected chi connectivity index (χ3v) is 3.70. The van der Waals surface area contributed by atoms with Gasteiger partial charge in [0, 0.05) is 5.69 Å². The van der Waals surface area contributed by atoms with Crippen molar-refractivity contribution in [2.24, 2.45) is 5.10 Å². The topological polar surface area (TPSA) is 73.7 Å². The Hall–Kier alpha value is -2.09. The van der Waals surface area contributed by atoms with Crippen LogP contribution in [0.15, 0.2) is 41.5 Å². The molecule has 0 radical (unpaired) electrons. The first-order valence-corrected chi connectivity index (χ1v) is 7.69. The largest absolute Gasteiger partial charge is 0.507 e. The molecule has 2 rings (SSSR count). The highest BCUT2D eigenvalue weighted by Crippen LogP contribution is 2.19. The first-order valence-electron chi connectivity index (χ1n) is 6.61. The summed E-state index contributed by atoms with van der Waals surface area (Å²) in [7, 11) is 0. The number of hydrogen-bond acceptors (Lipinski definition) is 3. The molecule has 0 aliphatic rings. The van der Waals surface area contributed by atoms with Gasteiger partial charge in [-0.2, -0.15) is 5.10 Å². The highest BCUT2D eigenvalue weighted by Gasteiger charge is 2.01. The Morgan fingerprint density at radius 3 is 2.50 bits per heavy atom. The number of amides is 2. The maximum Gasteiger partial charge on any atom is 0.339 e.